The Bertz CT molecular complexity index is 1100. The van der Waals surface area contributed by atoms with Crippen LogP contribution in [0.4, 0.5) is 5.69 Å². The Morgan fingerprint density at radius 2 is 1.79 bits per heavy atom. The number of allylic oxidation sites excluding steroid dienone is 1. The van der Waals surface area contributed by atoms with Crippen LogP contribution < -0.4 is 4.90 Å². The normalized spacial score (nSPS) is 14.1. The molecule has 2 heterocycles. The molecular weight excluding hydrogens is 362 g/mol. The Hall–Kier alpha value is -3.47. The predicted molar refractivity (Wildman–Crippen MR) is 114 cm³/mol. The molecular formula is C24H23N3O2. The molecule has 5 heteroatoms. The van der Waals surface area contributed by atoms with Gasteiger partial charge in [-0.15, -0.1) is 0 Å². The third-order valence-corrected chi connectivity index (χ3v) is 5.27. The number of rotatable bonds is 5. The van der Waals surface area contributed by atoms with Gasteiger partial charge in [0.2, 0.25) is 5.91 Å². The summed E-state index contributed by atoms with van der Waals surface area (Å²) in [7, 11) is 0. The number of anilines is 1. The first-order valence-electron chi connectivity index (χ1n) is 9.79. The molecule has 3 aromatic rings. The van der Waals surface area contributed by atoms with Crippen molar-refractivity contribution >= 4 is 23.5 Å². The number of hydrogen-bond donors (Lipinski definition) is 0. The molecule has 29 heavy (non-hydrogen) atoms. The summed E-state index contributed by atoms with van der Waals surface area (Å²) >= 11 is 0. The Kier molecular flexibility index (Phi) is 5.12. The molecule has 0 spiro atoms. The van der Waals surface area contributed by atoms with Crippen LogP contribution in [0.1, 0.15) is 40.2 Å². The molecule has 1 fully saturated rings. The summed E-state index contributed by atoms with van der Waals surface area (Å²) in [6.45, 7) is 4.65. The lowest BCUT2D eigenvalue weighted by atomic mass is 10.1. The van der Waals surface area contributed by atoms with Gasteiger partial charge in [-0.3, -0.25) is 9.59 Å². The van der Waals surface area contributed by atoms with Crippen molar-refractivity contribution in [1.82, 2.24) is 9.78 Å². The van der Waals surface area contributed by atoms with E-state index in [4.69, 9.17) is 0 Å². The largest absolute Gasteiger partial charge is 0.312 e. The minimum Gasteiger partial charge on any atom is -0.312 e. The molecule has 0 aliphatic carbocycles. The summed E-state index contributed by atoms with van der Waals surface area (Å²) in [6, 6.07) is 17.2. The van der Waals surface area contributed by atoms with E-state index in [0.29, 0.717) is 18.5 Å². The molecule has 0 bridgehead atoms. The lowest BCUT2D eigenvalue weighted by Gasteiger charge is -2.16. The van der Waals surface area contributed by atoms with Crippen molar-refractivity contribution in [2.45, 2.75) is 26.7 Å². The van der Waals surface area contributed by atoms with Crippen molar-refractivity contribution in [3.8, 4) is 5.69 Å². The summed E-state index contributed by atoms with van der Waals surface area (Å²) in [6.07, 6.45) is 4.84. The number of ketones is 1. The van der Waals surface area contributed by atoms with Crippen molar-refractivity contribution < 1.29 is 9.59 Å². The molecule has 1 aliphatic heterocycles. The molecule has 0 atom stereocenters. The van der Waals surface area contributed by atoms with E-state index in [1.54, 1.807) is 23.1 Å². The summed E-state index contributed by atoms with van der Waals surface area (Å²) in [5.74, 6) is 0.0227. The van der Waals surface area contributed by atoms with Crippen LogP contribution >= 0.6 is 0 Å². The summed E-state index contributed by atoms with van der Waals surface area (Å²) in [4.78, 5) is 26.5. The van der Waals surface area contributed by atoms with E-state index in [0.717, 1.165) is 34.7 Å². The van der Waals surface area contributed by atoms with Crippen LogP contribution in [0.2, 0.25) is 0 Å². The highest BCUT2D eigenvalue weighted by atomic mass is 16.2. The third-order valence-electron chi connectivity index (χ3n) is 5.27. The van der Waals surface area contributed by atoms with Crippen molar-refractivity contribution in [3.05, 3.63) is 83.2 Å². The lowest BCUT2D eigenvalue weighted by molar-refractivity contribution is -0.117. The fourth-order valence-corrected chi connectivity index (χ4v) is 3.72. The molecule has 0 N–H and O–H groups in total. The Balaban J connectivity index is 1.58. The molecule has 0 saturated carbocycles. The van der Waals surface area contributed by atoms with E-state index >= 15 is 0 Å². The second-order valence-electron chi connectivity index (χ2n) is 7.23. The number of carbonyl (C=O) groups excluding carboxylic acids is 2. The minimum absolute atomic E-state index is 0.0928. The Morgan fingerprint density at radius 3 is 2.52 bits per heavy atom. The fraction of sp³-hybridized carbons (Fsp3) is 0.208. The van der Waals surface area contributed by atoms with E-state index in [9.17, 15) is 9.59 Å². The number of nitrogens with zero attached hydrogens (tertiary/aromatic N) is 3. The van der Waals surface area contributed by atoms with Gasteiger partial charge in [0.05, 0.1) is 11.4 Å². The van der Waals surface area contributed by atoms with Gasteiger partial charge in [-0.1, -0.05) is 30.3 Å². The van der Waals surface area contributed by atoms with E-state index in [-0.39, 0.29) is 11.7 Å². The second kappa shape index (κ2) is 7.87. The van der Waals surface area contributed by atoms with Crippen LogP contribution in [-0.2, 0) is 4.79 Å². The Labute approximate surface area is 170 Å². The summed E-state index contributed by atoms with van der Waals surface area (Å²) in [5, 5.41) is 4.62. The van der Waals surface area contributed by atoms with Crippen LogP contribution in [0.25, 0.3) is 11.8 Å². The van der Waals surface area contributed by atoms with Crippen LogP contribution in [0.3, 0.4) is 0 Å². The van der Waals surface area contributed by atoms with Crippen molar-refractivity contribution in [3.63, 3.8) is 0 Å². The van der Waals surface area contributed by atoms with E-state index in [1.807, 2.05) is 67.1 Å². The number of benzene rings is 2. The van der Waals surface area contributed by atoms with Crippen LogP contribution in [0, 0.1) is 13.8 Å². The first kappa shape index (κ1) is 18.9. The van der Waals surface area contributed by atoms with Gasteiger partial charge >= 0.3 is 0 Å². The fourth-order valence-electron chi connectivity index (χ4n) is 3.72. The molecule has 2 aromatic carbocycles. The van der Waals surface area contributed by atoms with Crippen LogP contribution in [-0.4, -0.2) is 28.0 Å². The predicted octanol–water partition coefficient (Wildman–Crippen LogP) is 4.51. The first-order valence-corrected chi connectivity index (χ1v) is 9.79. The number of carbonyl (C=O) groups is 2. The zero-order valence-electron chi connectivity index (χ0n) is 16.6. The summed E-state index contributed by atoms with van der Waals surface area (Å²) in [5.41, 5.74) is 5.14. The van der Waals surface area contributed by atoms with E-state index in [1.165, 1.54) is 0 Å². The van der Waals surface area contributed by atoms with Gasteiger partial charge < -0.3 is 4.90 Å². The zero-order valence-corrected chi connectivity index (χ0v) is 16.6. The number of aryl methyl sites for hydroxylation is 1. The Morgan fingerprint density at radius 1 is 1.03 bits per heavy atom. The molecule has 1 aliphatic rings. The maximum Gasteiger partial charge on any atom is 0.227 e. The van der Waals surface area contributed by atoms with Gasteiger partial charge in [-0.25, -0.2) is 4.68 Å². The quantitative estimate of drug-likeness (QED) is 0.480. The molecule has 1 saturated heterocycles. The van der Waals surface area contributed by atoms with Crippen LogP contribution in [0.15, 0.2) is 60.7 Å². The van der Waals surface area contributed by atoms with E-state index < -0.39 is 0 Å². The van der Waals surface area contributed by atoms with Gasteiger partial charge in [0.1, 0.15) is 0 Å². The molecule has 1 amide bonds. The SMILES string of the molecule is Cc1nn(-c2ccccc2)c(C)c1/C=C/C(=O)c1cccc(N2CCCC2=O)c1. The molecule has 5 nitrogen and oxygen atoms in total. The highest BCUT2D eigenvalue weighted by molar-refractivity contribution is 6.08. The first-order chi connectivity index (χ1) is 14.0. The number of hydrogen-bond acceptors (Lipinski definition) is 3. The maximum absolute atomic E-state index is 12.7. The molecule has 1 aromatic heterocycles. The average Bonchev–Trinajstić information content (AvgIpc) is 3.30. The third kappa shape index (κ3) is 3.76. The minimum atomic E-state index is -0.0928. The highest BCUT2D eigenvalue weighted by Gasteiger charge is 2.22. The maximum atomic E-state index is 12.7. The number of para-hydroxylation sites is 1. The molecule has 0 unspecified atom stereocenters. The smallest absolute Gasteiger partial charge is 0.227 e. The molecule has 0 radical (unpaired) electrons. The molecule has 4 rings (SSSR count). The number of aromatic nitrogens is 2. The number of amides is 1. The highest BCUT2D eigenvalue weighted by Crippen LogP contribution is 2.23. The standard InChI is InChI=1S/C24H23N3O2/c1-17-22(18(2)27(25-17)20-9-4-3-5-10-20)13-14-23(28)19-8-6-11-21(16-19)26-15-7-12-24(26)29/h3-6,8-11,13-14,16H,7,12,15H2,1-2H3/b14-13+. The van der Waals surface area contributed by atoms with Crippen molar-refractivity contribution in [1.29, 1.82) is 0 Å². The average molecular weight is 385 g/mol. The monoisotopic (exact) mass is 385 g/mol. The topological polar surface area (TPSA) is 55.2 Å². The van der Waals surface area contributed by atoms with Gasteiger partial charge in [0, 0.05) is 35.5 Å². The van der Waals surface area contributed by atoms with Gasteiger partial charge in [-0.05, 0) is 56.7 Å². The van der Waals surface area contributed by atoms with Gasteiger partial charge in [0.15, 0.2) is 5.78 Å². The van der Waals surface area contributed by atoms with Crippen molar-refractivity contribution in [2.24, 2.45) is 0 Å². The lowest BCUT2D eigenvalue weighted by Crippen LogP contribution is -2.23. The van der Waals surface area contributed by atoms with E-state index in [2.05, 4.69) is 5.10 Å². The van der Waals surface area contributed by atoms with Crippen LogP contribution in [0.5, 0.6) is 0 Å². The van der Waals surface area contributed by atoms with Gasteiger partial charge in [-0.2, -0.15) is 5.10 Å². The summed E-state index contributed by atoms with van der Waals surface area (Å²) < 4.78 is 1.89. The zero-order chi connectivity index (χ0) is 20.4. The van der Waals surface area contributed by atoms with Gasteiger partial charge in [0.25, 0.3) is 0 Å². The second-order valence-corrected chi connectivity index (χ2v) is 7.23. The van der Waals surface area contributed by atoms with Crippen molar-refractivity contribution in [2.75, 3.05) is 11.4 Å². The molecule has 146 valence electrons.